The van der Waals surface area contributed by atoms with Gasteiger partial charge >= 0.3 is 5.97 Å². The standard InChI is InChI=1S/C21H24N4O4/c1-2-28-21(27)17(10-13-11-23-15-7-4-3-6-14(13)15)24-19(26)18-12-29-20(25-18)16-8-5-9-22-16/h3-4,6-7,11-12,16-17,22-23H,2,5,8-10H2,1H3,(H,24,26). The van der Waals surface area contributed by atoms with Gasteiger partial charge in [-0.2, -0.15) is 0 Å². The van der Waals surface area contributed by atoms with Gasteiger partial charge in [0, 0.05) is 23.5 Å². The van der Waals surface area contributed by atoms with E-state index in [1.165, 1.54) is 6.26 Å². The molecular formula is C21H24N4O4. The van der Waals surface area contributed by atoms with Gasteiger partial charge < -0.3 is 24.8 Å². The van der Waals surface area contributed by atoms with Crippen LogP contribution in [-0.4, -0.2) is 41.0 Å². The molecule has 0 aliphatic carbocycles. The van der Waals surface area contributed by atoms with E-state index in [1.54, 1.807) is 6.92 Å². The topological polar surface area (TPSA) is 109 Å². The average molecular weight is 396 g/mol. The summed E-state index contributed by atoms with van der Waals surface area (Å²) in [5.74, 6) is -0.444. The third-order valence-corrected chi connectivity index (χ3v) is 5.09. The molecule has 8 nitrogen and oxygen atoms in total. The SMILES string of the molecule is CCOC(=O)C(Cc1c[nH]c2ccccc12)NC(=O)c1coc(C2CCCN2)n1. The van der Waals surface area contributed by atoms with Gasteiger partial charge in [-0.25, -0.2) is 9.78 Å². The minimum atomic E-state index is -0.827. The highest BCUT2D eigenvalue weighted by atomic mass is 16.5. The molecule has 152 valence electrons. The van der Waals surface area contributed by atoms with E-state index in [1.807, 2.05) is 30.5 Å². The third-order valence-electron chi connectivity index (χ3n) is 5.09. The van der Waals surface area contributed by atoms with Gasteiger partial charge in [0.1, 0.15) is 12.3 Å². The molecule has 8 heteroatoms. The van der Waals surface area contributed by atoms with Crippen molar-refractivity contribution in [3.63, 3.8) is 0 Å². The van der Waals surface area contributed by atoms with Gasteiger partial charge in [0.05, 0.1) is 12.6 Å². The maximum absolute atomic E-state index is 12.7. The van der Waals surface area contributed by atoms with Gasteiger partial charge in [0.25, 0.3) is 5.91 Å². The number of amides is 1. The molecule has 2 aromatic heterocycles. The Morgan fingerprint density at radius 1 is 1.38 bits per heavy atom. The number of ether oxygens (including phenoxy) is 1. The van der Waals surface area contributed by atoms with E-state index < -0.39 is 17.9 Å². The number of nitrogens with zero attached hydrogens (tertiary/aromatic N) is 1. The zero-order valence-corrected chi connectivity index (χ0v) is 16.2. The first kappa shape index (κ1) is 19.2. The Labute approximate surface area is 168 Å². The number of para-hydroxylation sites is 1. The van der Waals surface area contributed by atoms with Gasteiger partial charge in [-0.1, -0.05) is 18.2 Å². The quantitative estimate of drug-likeness (QED) is 0.530. The number of hydrogen-bond donors (Lipinski definition) is 3. The lowest BCUT2D eigenvalue weighted by Gasteiger charge is -2.16. The molecule has 0 bridgehead atoms. The minimum absolute atomic E-state index is 0.0311. The Balaban J connectivity index is 1.51. The third kappa shape index (κ3) is 4.17. The van der Waals surface area contributed by atoms with E-state index >= 15 is 0 Å². The van der Waals surface area contributed by atoms with E-state index in [2.05, 4.69) is 20.6 Å². The number of H-pyrrole nitrogens is 1. The van der Waals surface area contributed by atoms with Crippen LogP contribution in [0, 0.1) is 0 Å². The number of rotatable bonds is 7. The molecule has 1 amide bonds. The highest BCUT2D eigenvalue weighted by Crippen LogP contribution is 2.22. The van der Waals surface area contributed by atoms with E-state index in [0.29, 0.717) is 12.3 Å². The normalized spacial score (nSPS) is 17.3. The van der Waals surface area contributed by atoms with E-state index in [9.17, 15) is 9.59 Å². The number of esters is 1. The molecule has 1 aliphatic rings. The molecule has 4 rings (SSSR count). The fourth-order valence-corrected chi connectivity index (χ4v) is 3.64. The number of aromatic amines is 1. The lowest BCUT2D eigenvalue weighted by molar-refractivity contribution is -0.145. The Morgan fingerprint density at radius 3 is 3.03 bits per heavy atom. The van der Waals surface area contributed by atoms with Crippen LogP contribution in [0.25, 0.3) is 10.9 Å². The van der Waals surface area contributed by atoms with Crippen LogP contribution in [-0.2, 0) is 16.0 Å². The molecule has 2 atom stereocenters. The number of oxazole rings is 1. The molecule has 3 heterocycles. The van der Waals surface area contributed by atoms with Crippen molar-refractivity contribution in [1.29, 1.82) is 0 Å². The molecule has 3 aromatic rings. The lowest BCUT2D eigenvalue weighted by atomic mass is 10.0. The smallest absolute Gasteiger partial charge is 0.328 e. The van der Waals surface area contributed by atoms with Crippen LogP contribution in [0.2, 0.25) is 0 Å². The number of carbonyl (C=O) groups is 2. The first-order chi connectivity index (χ1) is 14.2. The van der Waals surface area contributed by atoms with Gasteiger partial charge in [-0.05, 0) is 37.9 Å². The average Bonchev–Trinajstić information content (AvgIpc) is 3.48. The second-order valence-corrected chi connectivity index (χ2v) is 7.06. The van der Waals surface area contributed by atoms with E-state index in [4.69, 9.17) is 9.15 Å². The summed E-state index contributed by atoms with van der Waals surface area (Å²) in [6, 6.07) is 7.02. The zero-order chi connectivity index (χ0) is 20.2. The van der Waals surface area contributed by atoms with Crippen molar-refractivity contribution in [2.75, 3.05) is 13.2 Å². The predicted octanol–water partition coefficient (Wildman–Crippen LogP) is 2.48. The Morgan fingerprint density at radius 2 is 2.24 bits per heavy atom. The lowest BCUT2D eigenvalue weighted by Crippen LogP contribution is -2.43. The molecule has 2 unspecified atom stereocenters. The van der Waals surface area contributed by atoms with Crippen molar-refractivity contribution in [3.8, 4) is 0 Å². The van der Waals surface area contributed by atoms with Crippen molar-refractivity contribution >= 4 is 22.8 Å². The summed E-state index contributed by atoms with van der Waals surface area (Å²) < 4.78 is 10.6. The summed E-state index contributed by atoms with van der Waals surface area (Å²) in [6.45, 7) is 2.88. The van der Waals surface area contributed by atoms with Gasteiger partial charge in [0.15, 0.2) is 5.69 Å². The molecule has 3 N–H and O–H groups in total. The molecule has 1 aliphatic heterocycles. The molecular weight excluding hydrogens is 372 g/mol. The number of hydrogen-bond acceptors (Lipinski definition) is 6. The van der Waals surface area contributed by atoms with Crippen LogP contribution in [0.1, 0.15) is 47.7 Å². The van der Waals surface area contributed by atoms with Crippen molar-refractivity contribution in [3.05, 3.63) is 53.9 Å². The van der Waals surface area contributed by atoms with Gasteiger partial charge in [-0.3, -0.25) is 4.79 Å². The molecule has 29 heavy (non-hydrogen) atoms. The molecule has 1 saturated heterocycles. The largest absolute Gasteiger partial charge is 0.464 e. The first-order valence-electron chi connectivity index (χ1n) is 9.87. The second-order valence-electron chi connectivity index (χ2n) is 7.06. The molecule has 0 radical (unpaired) electrons. The van der Waals surface area contributed by atoms with Crippen LogP contribution < -0.4 is 10.6 Å². The van der Waals surface area contributed by atoms with Crippen LogP contribution >= 0.6 is 0 Å². The van der Waals surface area contributed by atoms with Crippen molar-refractivity contribution in [2.24, 2.45) is 0 Å². The Bertz CT molecular complexity index is 1000. The van der Waals surface area contributed by atoms with Crippen molar-refractivity contribution in [2.45, 2.75) is 38.3 Å². The summed E-state index contributed by atoms with van der Waals surface area (Å²) in [5.41, 5.74) is 2.05. The summed E-state index contributed by atoms with van der Waals surface area (Å²) in [7, 11) is 0. The van der Waals surface area contributed by atoms with Crippen LogP contribution in [0.4, 0.5) is 0 Å². The second kappa shape index (κ2) is 8.48. The fraction of sp³-hybridized carbons (Fsp3) is 0.381. The monoisotopic (exact) mass is 396 g/mol. The molecule has 0 spiro atoms. The molecule has 1 fully saturated rings. The van der Waals surface area contributed by atoms with Crippen molar-refractivity contribution in [1.82, 2.24) is 20.6 Å². The summed E-state index contributed by atoms with van der Waals surface area (Å²) in [4.78, 5) is 32.7. The highest BCUT2D eigenvalue weighted by Gasteiger charge is 2.27. The van der Waals surface area contributed by atoms with Crippen LogP contribution in [0.3, 0.4) is 0 Å². The fourth-order valence-electron chi connectivity index (χ4n) is 3.64. The number of fused-ring (bicyclic) bond motifs is 1. The summed E-state index contributed by atoms with van der Waals surface area (Å²) >= 11 is 0. The zero-order valence-electron chi connectivity index (χ0n) is 16.2. The van der Waals surface area contributed by atoms with E-state index in [-0.39, 0.29) is 18.3 Å². The van der Waals surface area contributed by atoms with Crippen LogP contribution in [0.5, 0.6) is 0 Å². The first-order valence-corrected chi connectivity index (χ1v) is 9.87. The number of nitrogens with one attached hydrogen (secondary N) is 3. The van der Waals surface area contributed by atoms with Crippen LogP contribution in [0.15, 0.2) is 41.1 Å². The van der Waals surface area contributed by atoms with Gasteiger partial charge in [-0.15, -0.1) is 0 Å². The maximum atomic E-state index is 12.7. The Kier molecular flexibility index (Phi) is 5.62. The van der Waals surface area contributed by atoms with Gasteiger partial charge in [0.2, 0.25) is 5.89 Å². The Hall–Kier alpha value is -3.13. The summed E-state index contributed by atoms with van der Waals surface area (Å²) in [6.07, 6.45) is 5.46. The minimum Gasteiger partial charge on any atom is -0.464 e. The number of aromatic nitrogens is 2. The number of benzene rings is 1. The van der Waals surface area contributed by atoms with Crippen molar-refractivity contribution < 1.29 is 18.7 Å². The summed E-state index contributed by atoms with van der Waals surface area (Å²) in [5, 5.41) is 7.04. The maximum Gasteiger partial charge on any atom is 0.328 e. The molecule has 1 aromatic carbocycles. The van der Waals surface area contributed by atoms with E-state index in [0.717, 1.165) is 35.9 Å². The molecule has 0 saturated carbocycles. The highest BCUT2D eigenvalue weighted by molar-refractivity contribution is 5.95. The predicted molar refractivity (Wildman–Crippen MR) is 106 cm³/mol. The number of carbonyl (C=O) groups excluding carboxylic acids is 2.